The van der Waals surface area contributed by atoms with Gasteiger partial charge in [-0.05, 0) is 38.1 Å². The quantitative estimate of drug-likeness (QED) is 0.732. The first-order valence-electron chi connectivity index (χ1n) is 7.34. The maximum absolute atomic E-state index is 6.50. The Labute approximate surface area is 123 Å². The van der Waals surface area contributed by atoms with E-state index in [9.17, 15) is 0 Å². The van der Waals surface area contributed by atoms with E-state index in [1.165, 1.54) is 0 Å². The van der Waals surface area contributed by atoms with Gasteiger partial charge in [0.1, 0.15) is 6.10 Å². The lowest BCUT2D eigenvalue weighted by Gasteiger charge is -2.47. The molecule has 0 aromatic carbocycles. The standard InChI is InChI=1S/C15H28O4Si/c1-14(2,3)20(6,7)19-11-8-9-16-12-10-17-15(4,5)18-13(11)12/h8-9,11-13H,10H2,1-7H3/t11-,12-,13-/m1/s1. The van der Waals surface area contributed by atoms with Crippen LogP contribution < -0.4 is 0 Å². The van der Waals surface area contributed by atoms with E-state index in [4.69, 9.17) is 18.6 Å². The van der Waals surface area contributed by atoms with Crippen LogP contribution in [0.2, 0.25) is 18.1 Å². The summed E-state index contributed by atoms with van der Waals surface area (Å²) in [6.45, 7) is 15.7. The molecule has 2 aliphatic rings. The third-order valence-corrected chi connectivity index (χ3v) is 8.94. The Hall–Kier alpha value is -0.363. The van der Waals surface area contributed by atoms with E-state index in [1.54, 1.807) is 6.26 Å². The van der Waals surface area contributed by atoms with Crippen molar-refractivity contribution in [3.8, 4) is 0 Å². The van der Waals surface area contributed by atoms with Crippen LogP contribution in [0.3, 0.4) is 0 Å². The van der Waals surface area contributed by atoms with Crippen molar-refractivity contribution in [3.63, 3.8) is 0 Å². The molecule has 0 amide bonds. The first kappa shape index (κ1) is 16.0. The van der Waals surface area contributed by atoms with Crippen LogP contribution in [0.4, 0.5) is 0 Å². The predicted molar refractivity (Wildman–Crippen MR) is 81.0 cm³/mol. The largest absolute Gasteiger partial charge is 0.493 e. The van der Waals surface area contributed by atoms with Gasteiger partial charge in [0.15, 0.2) is 20.2 Å². The van der Waals surface area contributed by atoms with Crippen LogP contribution in [0.15, 0.2) is 12.3 Å². The van der Waals surface area contributed by atoms with Crippen molar-refractivity contribution in [1.29, 1.82) is 0 Å². The average Bonchev–Trinajstić information content (AvgIpc) is 2.27. The van der Waals surface area contributed by atoms with Crippen LogP contribution in [0, 0.1) is 0 Å². The number of hydrogen-bond donors (Lipinski definition) is 0. The Morgan fingerprint density at radius 1 is 1.25 bits per heavy atom. The molecule has 5 heteroatoms. The minimum Gasteiger partial charge on any atom is -0.493 e. The van der Waals surface area contributed by atoms with Gasteiger partial charge in [-0.15, -0.1) is 0 Å². The summed E-state index contributed by atoms with van der Waals surface area (Å²) in [4.78, 5) is 0. The molecular weight excluding hydrogens is 272 g/mol. The Bertz CT molecular complexity index is 384. The highest BCUT2D eigenvalue weighted by Gasteiger charge is 2.47. The zero-order chi connectivity index (χ0) is 15.2. The predicted octanol–water partition coefficient (Wildman–Crippen LogP) is 3.44. The van der Waals surface area contributed by atoms with Gasteiger partial charge in [0.05, 0.1) is 19.0 Å². The van der Waals surface area contributed by atoms with Gasteiger partial charge in [0.25, 0.3) is 0 Å². The molecule has 0 radical (unpaired) electrons. The molecule has 1 saturated heterocycles. The summed E-state index contributed by atoms with van der Waals surface area (Å²) >= 11 is 0. The minimum absolute atomic E-state index is 0.0576. The topological polar surface area (TPSA) is 36.9 Å². The third-order valence-electron chi connectivity index (χ3n) is 4.46. The molecule has 20 heavy (non-hydrogen) atoms. The van der Waals surface area contributed by atoms with E-state index in [0.29, 0.717) is 6.61 Å². The monoisotopic (exact) mass is 300 g/mol. The molecule has 4 nitrogen and oxygen atoms in total. The van der Waals surface area contributed by atoms with Crippen LogP contribution in [-0.4, -0.2) is 39.0 Å². The molecular formula is C15H28O4Si. The molecule has 0 saturated carbocycles. The summed E-state index contributed by atoms with van der Waals surface area (Å²) in [7, 11) is -1.84. The van der Waals surface area contributed by atoms with Gasteiger partial charge in [-0.3, -0.25) is 0 Å². The van der Waals surface area contributed by atoms with Crippen molar-refractivity contribution in [3.05, 3.63) is 12.3 Å². The van der Waals surface area contributed by atoms with Gasteiger partial charge in [0, 0.05) is 0 Å². The first-order valence-corrected chi connectivity index (χ1v) is 10.2. The van der Waals surface area contributed by atoms with E-state index in [1.807, 2.05) is 19.9 Å². The second kappa shape index (κ2) is 5.12. The highest BCUT2D eigenvalue weighted by Crippen LogP contribution is 2.39. The molecule has 1 fully saturated rings. The number of rotatable bonds is 2. The van der Waals surface area contributed by atoms with Gasteiger partial charge in [-0.25, -0.2) is 0 Å². The molecule has 116 valence electrons. The van der Waals surface area contributed by atoms with Crippen LogP contribution in [0.25, 0.3) is 0 Å². The molecule has 0 spiro atoms. The first-order chi connectivity index (χ1) is 9.02. The van der Waals surface area contributed by atoms with E-state index >= 15 is 0 Å². The fourth-order valence-corrected chi connectivity index (χ4v) is 3.41. The van der Waals surface area contributed by atoms with Crippen molar-refractivity contribution >= 4 is 8.32 Å². The summed E-state index contributed by atoms with van der Waals surface area (Å²) in [6.07, 6.45) is 3.46. The van der Waals surface area contributed by atoms with E-state index in [0.717, 1.165) is 0 Å². The lowest BCUT2D eigenvalue weighted by atomic mass is 10.0. The Morgan fingerprint density at radius 2 is 1.90 bits per heavy atom. The maximum atomic E-state index is 6.50. The average molecular weight is 300 g/mol. The van der Waals surface area contributed by atoms with Crippen LogP contribution in [0.1, 0.15) is 34.6 Å². The second-order valence-corrected chi connectivity index (χ2v) is 12.4. The molecule has 0 unspecified atom stereocenters. The van der Waals surface area contributed by atoms with Crippen molar-refractivity contribution in [2.75, 3.05) is 6.61 Å². The summed E-state index contributed by atoms with van der Waals surface area (Å²) < 4.78 is 23.8. The van der Waals surface area contributed by atoms with Crippen LogP contribution in [0.5, 0.6) is 0 Å². The molecule has 0 aromatic rings. The van der Waals surface area contributed by atoms with Crippen LogP contribution in [-0.2, 0) is 18.6 Å². The van der Waals surface area contributed by atoms with Crippen molar-refractivity contribution in [2.45, 2.75) is 76.8 Å². The van der Waals surface area contributed by atoms with E-state index in [2.05, 4.69) is 33.9 Å². The number of ether oxygens (including phenoxy) is 3. The SMILES string of the molecule is CC1(C)OC[C@H]2OC=C[C@@H](O[Si](C)(C)C(C)(C)C)[C@H]2O1. The summed E-state index contributed by atoms with van der Waals surface area (Å²) in [5, 5.41) is 0.176. The minimum atomic E-state index is -1.84. The highest BCUT2D eigenvalue weighted by molar-refractivity contribution is 6.74. The smallest absolute Gasteiger partial charge is 0.193 e. The summed E-state index contributed by atoms with van der Waals surface area (Å²) in [5.74, 6) is -0.579. The zero-order valence-corrected chi connectivity index (χ0v) is 14.7. The van der Waals surface area contributed by atoms with Crippen molar-refractivity contribution in [1.82, 2.24) is 0 Å². The lowest BCUT2D eigenvalue weighted by molar-refractivity contribution is -0.317. The molecule has 0 aliphatic carbocycles. The molecule has 2 heterocycles. The van der Waals surface area contributed by atoms with Gasteiger partial charge < -0.3 is 18.6 Å². The van der Waals surface area contributed by atoms with Gasteiger partial charge >= 0.3 is 0 Å². The fraction of sp³-hybridized carbons (Fsp3) is 0.867. The normalized spacial score (nSPS) is 33.5. The van der Waals surface area contributed by atoms with Crippen molar-refractivity contribution in [2.24, 2.45) is 0 Å². The molecule has 3 atom stereocenters. The number of hydrogen-bond acceptors (Lipinski definition) is 4. The van der Waals surface area contributed by atoms with Gasteiger partial charge in [0.2, 0.25) is 0 Å². The molecule has 2 aliphatic heterocycles. The Morgan fingerprint density at radius 3 is 2.50 bits per heavy atom. The highest BCUT2D eigenvalue weighted by atomic mass is 28.4. The third kappa shape index (κ3) is 3.27. The van der Waals surface area contributed by atoms with E-state index < -0.39 is 14.1 Å². The summed E-state index contributed by atoms with van der Waals surface area (Å²) in [5.41, 5.74) is 0. The zero-order valence-electron chi connectivity index (χ0n) is 13.7. The van der Waals surface area contributed by atoms with Gasteiger partial charge in [-0.1, -0.05) is 20.8 Å². The second-order valence-electron chi connectivity index (χ2n) is 7.64. The Balaban J connectivity index is 2.14. The fourth-order valence-electron chi connectivity index (χ4n) is 2.17. The lowest BCUT2D eigenvalue weighted by Crippen LogP contribution is -2.58. The summed E-state index contributed by atoms with van der Waals surface area (Å²) in [6, 6.07) is 0. The maximum Gasteiger partial charge on any atom is 0.193 e. The Kier molecular flexibility index (Phi) is 4.10. The van der Waals surface area contributed by atoms with Gasteiger partial charge in [-0.2, -0.15) is 0 Å². The molecule has 0 N–H and O–H groups in total. The molecule has 2 rings (SSSR count). The van der Waals surface area contributed by atoms with Crippen LogP contribution >= 0.6 is 0 Å². The van der Waals surface area contributed by atoms with Crippen molar-refractivity contribution < 1.29 is 18.6 Å². The molecule has 0 bridgehead atoms. The number of fused-ring (bicyclic) bond motifs is 1. The van der Waals surface area contributed by atoms with E-state index in [-0.39, 0.29) is 23.4 Å². The molecule has 0 aromatic heterocycles.